The van der Waals surface area contributed by atoms with Crippen LogP contribution in [-0.4, -0.2) is 32.5 Å². The van der Waals surface area contributed by atoms with Gasteiger partial charge in [-0.25, -0.2) is 15.0 Å². The number of nitrogens with one attached hydrogen (secondary N) is 1. The maximum Gasteiger partial charge on any atom is 0.320 e. The molecule has 2 aromatic carbocycles. The molecule has 0 aliphatic heterocycles. The van der Waals surface area contributed by atoms with E-state index in [0.717, 1.165) is 27.2 Å². The Morgan fingerprint density at radius 3 is 2.63 bits per heavy atom. The summed E-state index contributed by atoms with van der Waals surface area (Å²) in [6.07, 6.45) is 2.52. The zero-order valence-electron chi connectivity index (χ0n) is 18.7. The van der Waals surface area contributed by atoms with Gasteiger partial charge in [0.1, 0.15) is 5.75 Å². The minimum Gasteiger partial charge on any atom is -0.497 e. The lowest BCUT2D eigenvalue weighted by Gasteiger charge is -2.10. The van der Waals surface area contributed by atoms with Crippen LogP contribution in [0.15, 0.2) is 67.0 Å². The van der Waals surface area contributed by atoms with Crippen molar-refractivity contribution < 1.29 is 18.3 Å². The average molecular weight is 492 g/mol. The summed E-state index contributed by atoms with van der Waals surface area (Å²) in [4.78, 5) is 26.9. The molecule has 1 amide bonds. The van der Waals surface area contributed by atoms with Crippen LogP contribution in [0.2, 0.25) is 0 Å². The number of ether oxygens (including phenoxy) is 1. The van der Waals surface area contributed by atoms with Crippen LogP contribution in [-0.2, 0) is 0 Å². The van der Waals surface area contributed by atoms with Crippen LogP contribution in [0, 0.1) is 6.92 Å². The number of rotatable bonds is 6. The number of nitrogens with zero attached hydrogens (tertiary/aromatic N) is 4. The fourth-order valence-corrected chi connectivity index (χ4v) is 4.70. The fraction of sp³-hybridized carbons (Fsp3) is 0.120. The van der Waals surface area contributed by atoms with Crippen molar-refractivity contribution in [2.24, 2.45) is 0 Å². The third-order valence-corrected chi connectivity index (χ3v) is 6.51. The van der Waals surface area contributed by atoms with Crippen molar-refractivity contribution in [1.29, 1.82) is 0 Å². The second-order valence-corrected chi connectivity index (χ2v) is 8.62. The van der Waals surface area contributed by atoms with E-state index in [9.17, 15) is 13.6 Å². The molecule has 0 fully saturated rings. The van der Waals surface area contributed by atoms with E-state index in [0.29, 0.717) is 37.9 Å². The Morgan fingerprint density at radius 2 is 1.89 bits per heavy atom. The summed E-state index contributed by atoms with van der Waals surface area (Å²) in [5.41, 5.74) is 3.05. The highest BCUT2D eigenvalue weighted by Crippen LogP contribution is 2.34. The lowest BCUT2D eigenvalue weighted by Crippen LogP contribution is -2.13. The van der Waals surface area contributed by atoms with Gasteiger partial charge in [-0.05, 0) is 43.3 Å². The van der Waals surface area contributed by atoms with Crippen LogP contribution < -0.4 is 10.1 Å². The van der Waals surface area contributed by atoms with E-state index in [1.54, 1.807) is 20.1 Å². The maximum absolute atomic E-state index is 13.4. The Labute approximate surface area is 203 Å². The van der Waals surface area contributed by atoms with Gasteiger partial charge in [-0.1, -0.05) is 29.5 Å². The van der Waals surface area contributed by atoms with Gasteiger partial charge in [-0.2, -0.15) is 8.78 Å². The fourth-order valence-electron chi connectivity index (χ4n) is 3.74. The molecule has 0 unspecified atom stereocenters. The number of fused-ring (bicyclic) bond motifs is 1. The van der Waals surface area contributed by atoms with Gasteiger partial charge in [0.2, 0.25) is 0 Å². The third-order valence-electron chi connectivity index (χ3n) is 5.45. The first kappa shape index (κ1) is 22.6. The van der Waals surface area contributed by atoms with E-state index in [4.69, 9.17) is 9.72 Å². The molecule has 0 spiro atoms. The van der Waals surface area contributed by atoms with Crippen molar-refractivity contribution in [3.05, 3.63) is 78.2 Å². The minimum absolute atomic E-state index is 0.103. The number of pyridine rings is 1. The summed E-state index contributed by atoms with van der Waals surface area (Å²) in [7, 11) is 1.60. The summed E-state index contributed by atoms with van der Waals surface area (Å²) in [6, 6.07) is 16.5. The number of alkyl halides is 2. The highest BCUT2D eigenvalue weighted by atomic mass is 32.1. The van der Waals surface area contributed by atoms with E-state index in [1.165, 1.54) is 12.4 Å². The molecule has 0 saturated heterocycles. The first-order valence-corrected chi connectivity index (χ1v) is 11.4. The molecule has 5 rings (SSSR count). The van der Waals surface area contributed by atoms with Crippen LogP contribution in [0.1, 0.15) is 22.6 Å². The molecule has 0 radical (unpaired) electrons. The van der Waals surface area contributed by atoms with Gasteiger partial charge < -0.3 is 4.74 Å². The molecule has 7 nitrogen and oxygen atoms in total. The second kappa shape index (κ2) is 9.22. The average Bonchev–Trinajstić information content (AvgIpc) is 3.49. The van der Waals surface area contributed by atoms with Gasteiger partial charge in [0.15, 0.2) is 11.0 Å². The third kappa shape index (κ3) is 4.35. The molecule has 0 aliphatic rings. The standard InChI is InChI=1S/C25H19F2N5O2S/c1-14-21(22-28-11-12-32(22)24(26)27)35-25(29-14)31-23(33)18-13-20(15-7-9-16(34-2)10-8-15)30-19-6-4-3-5-17(18)19/h3-13,24H,1-2H3,(H,29,31,33). The first-order chi connectivity index (χ1) is 16.9. The number of aromatic nitrogens is 4. The lowest BCUT2D eigenvalue weighted by atomic mass is 10.0. The van der Waals surface area contributed by atoms with Crippen LogP contribution in [0.3, 0.4) is 0 Å². The van der Waals surface area contributed by atoms with Crippen molar-refractivity contribution >= 4 is 33.3 Å². The highest BCUT2D eigenvalue weighted by molar-refractivity contribution is 7.19. The SMILES string of the molecule is COc1ccc(-c2cc(C(=O)Nc3nc(C)c(-c4nccn4C(F)F)s3)c3ccccc3n2)cc1. The summed E-state index contributed by atoms with van der Waals surface area (Å²) >= 11 is 1.09. The molecule has 5 aromatic rings. The minimum atomic E-state index is -2.73. The number of para-hydroxylation sites is 1. The van der Waals surface area contributed by atoms with Crippen molar-refractivity contribution in [2.45, 2.75) is 13.5 Å². The molecule has 0 saturated carbocycles. The molecular formula is C25H19F2N5O2S. The second-order valence-electron chi connectivity index (χ2n) is 7.62. The summed E-state index contributed by atoms with van der Waals surface area (Å²) in [5, 5.41) is 3.79. The van der Waals surface area contributed by atoms with Crippen LogP contribution >= 0.6 is 11.3 Å². The van der Waals surface area contributed by atoms with Gasteiger partial charge in [-0.3, -0.25) is 14.7 Å². The van der Waals surface area contributed by atoms with E-state index in [2.05, 4.69) is 15.3 Å². The number of imidazole rings is 1. The van der Waals surface area contributed by atoms with E-state index < -0.39 is 6.55 Å². The van der Waals surface area contributed by atoms with Gasteiger partial charge >= 0.3 is 6.55 Å². The number of carbonyl (C=O) groups excluding carboxylic acids is 1. The van der Waals surface area contributed by atoms with Gasteiger partial charge in [0, 0.05) is 23.3 Å². The van der Waals surface area contributed by atoms with Crippen molar-refractivity contribution in [3.63, 3.8) is 0 Å². The topological polar surface area (TPSA) is 81.9 Å². The monoisotopic (exact) mass is 491 g/mol. The van der Waals surface area contributed by atoms with Crippen molar-refractivity contribution in [3.8, 4) is 27.7 Å². The molecule has 1 N–H and O–H groups in total. The summed E-state index contributed by atoms with van der Waals surface area (Å²) < 4.78 is 32.6. The lowest BCUT2D eigenvalue weighted by molar-refractivity contribution is 0.0720. The maximum atomic E-state index is 13.4. The first-order valence-electron chi connectivity index (χ1n) is 10.6. The zero-order chi connectivity index (χ0) is 24.5. The number of hydrogen-bond acceptors (Lipinski definition) is 6. The van der Waals surface area contributed by atoms with Gasteiger partial charge in [-0.15, -0.1) is 0 Å². The van der Waals surface area contributed by atoms with Crippen LogP contribution in [0.25, 0.3) is 32.9 Å². The normalized spacial score (nSPS) is 11.2. The molecule has 176 valence electrons. The highest BCUT2D eigenvalue weighted by Gasteiger charge is 2.21. The van der Waals surface area contributed by atoms with E-state index in [-0.39, 0.29) is 11.7 Å². The molecule has 3 heterocycles. The largest absolute Gasteiger partial charge is 0.497 e. The van der Waals surface area contributed by atoms with Crippen molar-refractivity contribution in [2.75, 3.05) is 12.4 Å². The van der Waals surface area contributed by atoms with E-state index >= 15 is 0 Å². The number of anilines is 1. The number of aryl methyl sites for hydroxylation is 1. The Morgan fingerprint density at radius 1 is 1.11 bits per heavy atom. The number of carbonyl (C=O) groups is 1. The molecular weight excluding hydrogens is 472 g/mol. The number of methoxy groups -OCH3 is 1. The van der Waals surface area contributed by atoms with E-state index in [1.807, 2.05) is 48.5 Å². The molecule has 0 aliphatic carbocycles. The summed E-state index contributed by atoms with van der Waals surface area (Å²) in [5.74, 6) is 0.442. The Balaban J connectivity index is 1.51. The van der Waals surface area contributed by atoms with Crippen LogP contribution in [0.5, 0.6) is 5.75 Å². The predicted octanol–water partition coefficient (Wildman–Crippen LogP) is 6.19. The number of halogens is 2. The molecule has 10 heteroatoms. The van der Waals surface area contributed by atoms with Crippen LogP contribution in [0.4, 0.5) is 13.9 Å². The number of thiazole rings is 1. The smallest absolute Gasteiger partial charge is 0.320 e. The number of benzene rings is 2. The quantitative estimate of drug-likeness (QED) is 0.306. The number of amides is 1. The molecule has 0 bridgehead atoms. The zero-order valence-corrected chi connectivity index (χ0v) is 19.5. The molecule has 3 aromatic heterocycles. The Bertz CT molecular complexity index is 1530. The van der Waals surface area contributed by atoms with Gasteiger partial charge in [0.05, 0.1) is 34.5 Å². The molecule has 0 atom stereocenters. The predicted molar refractivity (Wildman–Crippen MR) is 131 cm³/mol. The Kier molecular flexibility index (Phi) is 5.96. The van der Waals surface area contributed by atoms with Gasteiger partial charge in [0.25, 0.3) is 5.91 Å². The van der Waals surface area contributed by atoms with Crippen molar-refractivity contribution in [1.82, 2.24) is 19.5 Å². The summed E-state index contributed by atoms with van der Waals surface area (Å²) in [6.45, 7) is -1.04. The number of hydrogen-bond donors (Lipinski definition) is 1. The Hall–Kier alpha value is -4.18. The molecule has 35 heavy (non-hydrogen) atoms.